The molecule has 0 aliphatic heterocycles. The van der Waals surface area contributed by atoms with Gasteiger partial charge >= 0.3 is 5.69 Å². The first-order valence-electron chi connectivity index (χ1n) is 5.68. The van der Waals surface area contributed by atoms with Crippen LogP contribution in [0.25, 0.3) is 12.2 Å². The number of methoxy groups -OCH3 is 1. The van der Waals surface area contributed by atoms with Gasteiger partial charge in [-0.05, 0) is 30.7 Å². The van der Waals surface area contributed by atoms with Crippen LogP contribution in [0, 0.1) is 17.0 Å². The fourth-order valence-electron chi connectivity index (χ4n) is 1.68. The zero-order valence-electron chi connectivity index (χ0n) is 10.9. The van der Waals surface area contributed by atoms with Gasteiger partial charge in [-0.3, -0.25) is 10.1 Å². The molecule has 0 unspecified atom stereocenters. The van der Waals surface area contributed by atoms with Crippen molar-refractivity contribution in [1.29, 1.82) is 0 Å². The number of hydrogen-bond acceptors (Lipinski definition) is 6. The Labute approximate surface area is 114 Å². The SMILES string of the molecule is COc1cc(/C=C/c2onc(C)c2[N+](=O)[O-])ccc1O. The number of ether oxygens (including phenoxy) is 1. The van der Waals surface area contributed by atoms with Crippen LogP contribution in [-0.4, -0.2) is 22.3 Å². The summed E-state index contributed by atoms with van der Waals surface area (Å²) in [6, 6.07) is 4.71. The van der Waals surface area contributed by atoms with E-state index in [1.54, 1.807) is 18.2 Å². The van der Waals surface area contributed by atoms with Crippen molar-refractivity contribution in [2.24, 2.45) is 0 Å². The van der Waals surface area contributed by atoms with Crippen LogP contribution in [0.4, 0.5) is 5.69 Å². The van der Waals surface area contributed by atoms with Gasteiger partial charge in [0.1, 0.15) is 0 Å². The maximum absolute atomic E-state index is 10.9. The predicted molar refractivity (Wildman–Crippen MR) is 71.5 cm³/mol. The van der Waals surface area contributed by atoms with E-state index < -0.39 is 4.92 Å². The molecule has 0 saturated carbocycles. The molecule has 7 heteroatoms. The second-order valence-electron chi connectivity index (χ2n) is 4.00. The van der Waals surface area contributed by atoms with Crippen molar-refractivity contribution in [1.82, 2.24) is 5.16 Å². The van der Waals surface area contributed by atoms with E-state index in [0.717, 1.165) is 0 Å². The topological polar surface area (TPSA) is 98.6 Å². The predicted octanol–water partition coefficient (Wildman–Crippen LogP) is 2.78. The van der Waals surface area contributed by atoms with Gasteiger partial charge in [-0.2, -0.15) is 0 Å². The molecule has 104 valence electrons. The number of hydrogen-bond donors (Lipinski definition) is 1. The summed E-state index contributed by atoms with van der Waals surface area (Å²) in [5.41, 5.74) is 0.757. The summed E-state index contributed by atoms with van der Waals surface area (Å²) in [5, 5.41) is 23.9. The Morgan fingerprint density at radius 1 is 1.45 bits per heavy atom. The number of aryl methyl sites for hydroxylation is 1. The summed E-state index contributed by atoms with van der Waals surface area (Å²) in [6.45, 7) is 1.50. The Kier molecular flexibility index (Phi) is 3.69. The van der Waals surface area contributed by atoms with Gasteiger partial charge in [-0.25, -0.2) is 0 Å². The average molecular weight is 276 g/mol. The van der Waals surface area contributed by atoms with Gasteiger partial charge < -0.3 is 14.4 Å². The molecule has 0 amide bonds. The number of rotatable bonds is 4. The summed E-state index contributed by atoms with van der Waals surface area (Å²) in [4.78, 5) is 10.3. The fourth-order valence-corrected chi connectivity index (χ4v) is 1.68. The number of nitro groups is 1. The largest absolute Gasteiger partial charge is 0.504 e. The van der Waals surface area contributed by atoms with E-state index in [0.29, 0.717) is 11.3 Å². The normalized spacial score (nSPS) is 10.9. The van der Waals surface area contributed by atoms with Crippen molar-refractivity contribution >= 4 is 17.8 Å². The highest BCUT2D eigenvalue weighted by atomic mass is 16.6. The molecular formula is C13H12N2O5. The Morgan fingerprint density at radius 2 is 2.20 bits per heavy atom. The smallest absolute Gasteiger partial charge is 0.338 e. The van der Waals surface area contributed by atoms with Gasteiger partial charge in [0.05, 0.1) is 12.0 Å². The Balaban J connectivity index is 2.32. The number of benzene rings is 1. The zero-order chi connectivity index (χ0) is 14.7. The van der Waals surface area contributed by atoms with Crippen molar-refractivity contribution < 1.29 is 19.3 Å². The molecule has 0 fully saturated rings. The minimum atomic E-state index is -0.539. The van der Waals surface area contributed by atoms with Crippen molar-refractivity contribution in [3.05, 3.63) is 45.3 Å². The molecular weight excluding hydrogens is 264 g/mol. The lowest BCUT2D eigenvalue weighted by Crippen LogP contribution is -1.90. The lowest BCUT2D eigenvalue weighted by Gasteiger charge is -2.03. The van der Waals surface area contributed by atoms with E-state index in [2.05, 4.69) is 5.16 Å². The quantitative estimate of drug-likeness (QED) is 0.681. The van der Waals surface area contributed by atoms with Crippen molar-refractivity contribution in [2.75, 3.05) is 7.11 Å². The molecule has 1 heterocycles. The molecule has 0 bridgehead atoms. The van der Waals surface area contributed by atoms with Gasteiger partial charge in [-0.1, -0.05) is 17.3 Å². The van der Waals surface area contributed by atoms with Crippen molar-refractivity contribution in [2.45, 2.75) is 6.92 Å². The molecule has 0 spiro atoms. The second kappa shape index (κ2) is 5.43. The monoisotopic (exact) mass is 276 g/mol. The molecule has 7 nitrogen and oxygen atoms in total. The molecule has 0 atom stereocenters. The number of phenolic OH excluding ortho intramolecular Hbond substituents is 1. The van der Waals surface area contributed by atoms with Crippen molar-refractivity contribution in [3.63, 3.8) is 0 Å². The lowest BCUT2D eigenvalue weighted by molar-refractivity contribution is -0.386. The maximum Gasteiger partial charge on any atom is 0.338 e. The molecule has 0 aliphatic rings. The molecule has 2 aromatic rings. The molecule has 0 aliphatic carbocycles. The average Bonchev–Trinajstić information content (AvgIpc) is 2.79. The lowest BCUT2D eigenvalue weighted by atomic mass is 10.1. The van der Waals surface area contributed by atoms with Gasteiger partial charge in [0.15, 0.2) is 17.2 Å². The third kappa shape index (κ3) is 2.61. The van der Waals surface area contributed by atoms with Gasteiger partial charge in [0, 0.05) is 0 Å². The first-order valence-corrected chi connectivity index (χ1v) is 5.68. The molecule has 20 heavy (non-hydrogen) atoms. The van der Waals surface area contributed by atoms with Crippen LogP contribution in [-0.2, 0) is 0 Å². The Hall–Kier alpha value is -2.83. The van der Waals surface area contributed by atoms with Crippen LogP contribution in [0.5, 0.6) is 11.5 Å². The summed E-state index contributed by atoms with van der Waals surface area (Å²) < 4.78 is 9.88. The molecule has 1 aromatic carbocycles. The maximum atomic E-state index is 10.9. The Morgan fingerprint density at radius 3 is 2.85 bits per heavy atom. The van der Waals surface area contributed by atoms with E-state index in [1.807, 2.05) is 0 Å². The van der Waals surface area contributed by atoms with Gasteiger partial charge in [0.2, 0.25) is 5.76 Å². The van der Waals surface area contributed by atoms with Crippen LogP contribution in [0.15, 0.2) is 22.7 Å². The minimum absolute atomic E-state index is 0.0196. The van der Waals surface area contributed by atoms with E-state index in [-0.39, 0.29) is 22.9 Å². The van der Waals surface area contributed by atoms with Crippen LogP contribution in [0.2, 0.25) is 0 Å². The highest BCUT2D eigenvalue weighted by molar-refractivity contribution is 5.72. The number of aromatic nitrogens is 1. The summed E-state index contributed by atoms with van der Waals surface area (Å²) in [6.07, 6.45) is 3.05. The van der Waals surface area contributed by atoms with Crippen LogP contribution < -0.4 is 4.74 Å². The second-order valence-corrected chi connectivity index (χ2v) is 4.00. The van der Waals surface area contributed by atoms with Crippen LogP contribution in [0.3, 0.4) is 0 Å². The number of nitrogens with zero attached hydrogens (tertiary/aromatic N) is 2. The van der Waals surface area contributed by atoms with E-state index in [4.69, 9.17) is 9.26 Å². The number of aromatic hydroxyl groups is 1. The Bertz CT molecular complexity index is 675. The van der Waals surface area contributed by atoms with Crippen LogP contribution in [0.1, 0.15) is 17.0 Å². The van der Waals surface area contributed by atoms with Gasteiger partial charge in [0.25, 0.3) is 0 Å². The summed E-state index contributed by atoms with van der Waals surface area (Å²) in [5.74, 6) is 0.404. The standard InChI is InChI=1S/C13H12N2O5/c1-8-13(15(17)18)11(20-14-8)6-4-9-3-5-10(16)12(7-9)19-2/h3-7,16H,1-2H3/b6-4+. The summed E-state index contributed by atoms with van der Waals surface area (Å²) in [7, 11) is 1.44. The third-order valence-corrected chi connectivity index (χ3v) is 2.67. The molecule has 1 N–H and O–H groups in total. The van der Waals surface area contributed by atoms with Crippen molar-refractivity contribution in [3.8, 4) is 11.5 Å². The molecule has 2 rings (SSSR count). The fraction of sp³-hybridized carbons (Fsp3) is 0.154. The van der Waals surface area contributed by atoms with Gasteiger partial charge in [-0.15, -0.1) is 0 Å². The summed E-state index contributed by atoms with van der Waals surface area (Å²) >= 11 is 0. The number of phenols is 1. The first-order chi connectivity index (χ1) is 9.52. The highest BCUT2D eigenvalue weighted by Gasteiger charge is 2.21. The van der Waals surface area contributed by atoms with E-state index in [9.17, 15) is 15.2 Å². The molecule has 1 aromatic heterocycles. The van der Waals surface area contributed by atoms with E-state index in [1.165, 1.54) is 26.2 Å². The third-order valence-electron chi connectivity index (χ3n) is 2.67. The minimum Gasteiger partial charge on any atom is -0.504 e. The van der Waals surface area contributed by atoms with E-state index >= 15 is 0 Å². The molecule has 0 radical (unpaired) electrons. The first kappa shape index (κ1) is 13.6. The highest BCUT2D eigenvalue weighted by Crippen LogP contribution is 2.28. The molecule has 0 saturated heterocycles. The van der Waals surface area contributed by atoms with Crippen LogP contribution >= 0.6 is 0 Å². The zero-order valence-corrected chi connectivity index (χ0v) is 10.9.